The molecule has 0 bridgehead atoms. The first-order valence-corrected chi connectivity index (χ1v) is 12.4. The summed E-state index contributed by atoms with van der Waals surface area (Å²) in [5.41, 5.74) is 9.78. The zero-order chi connectivity index (χ0) is 26.6. The summed E-state index contributed by atoms with van der Waals surface area (Å²) < 4.78 is 7.17. The Bertz CT molecular complexity index is 1510. The molecule has 10 nitrogen and oxygen atoms in total. The standard InChI is InChI=1S/C28H29N7O3/c1-3-23(36)34-13-7-10-20(16-34)35-27-24(26(29)31-17-32-27)25(33-35)19-9-6-8-18(14-19)15-30-28(37)21-11-4-5-12-22(21)38-2/h3-6,8-9,11-12,14,17,20H,1,7,10,13,15-16H2,2H3,(H,30,37)(H2,29,31,32)/t20-/m1/s1. The highest BCUT2D eigenvalue weighted by Gasteiger charge is 2.28. The number of anilines is 1. The molecule has 194 valence electrons. The molecular formula is C28H29N7O3. The van der Waals surface area contributed by atoms with E-state index in [1.54, 1.807) is 23.1 Å². The largest absolute Gasteiger partial charge is 0.496 e. The van der Waals surface area contributed by atoms with E-state index < -0.39 is 0 Å². The lowest BCUT2D eigenvalue weighted by Crippen LogP contribution is -2.40. The molecular weight excluding hydrogens is 482 g/mol. The third-order valence-electron chi connectivity index (χ3n) is 6.75. The number of aromatic nitrogens is 4. The van der Waals surface area contributed by atoms with Gasteiger partial charge in [-0.1, -0.05) is 36.9 Å². The number of para-hydroxylation sites is 1. The van der Waals surface area contributed by atoms with Crippen molar-refractivity contribution in [1.82, 2.24) is 30.0 Å². The van der Waals surface area contributed by atoms with Gasteiger partial charge >= 0.3 is 0 Å². The van der Waals surface area contributed by atoms with Gasteiger partial charge in [-0.2, -0.15) is 5.10 Å². The number of ether oxygens (including phenoxy) is 1. The summed E-state index contributed by atoms with van der Waals surface area (Å²) in [6, 6.07) is 14.8. The molecule has 1 fully saturated rings. The van der Waals surface area contributed by atoms with Gasteiger partial charge in [-0.3, -0.25) is 9.59 Å². The Labute approximate surface area is 220 Å². The van der Waals surface area contributed by atoms with Crippen molar-refractivity contribution in [2.75, 3.05) is 25.9 Å². The number of hydrogen-bond acceptors (Lipinski definition) is 7. The molecule has 5 rings (SSSR count). The molecule has 10 heteroatoms. The molecule has 2 amide bonds. The van der Waals surface area contributed by atoms with Gasteiger partial charge in [-0.25, -0.2) is 14.6 Å². The monoisotopic (exact) mass is 511 g/mol. The normalized spacial score (nSPS) is 15.3. The predicted octanol–water partition coefficient (Wildman–Crippen LogP) is 3.36. The molecule has 1 atom stereocenters. The number of amides is 2. The molecule has 0 saturated carbocycles. The molecule has 0 radical (unpaired) electrons. The Morgan fingerprint density at radius 3 is 2.87 bits per heavy atom. The Hall–Kier alpha value is -4.73. The van der Waals surface area contributed by atoms with Crippen LogP contribution in [0, 0.1) is 0 Å². The fraction of sp³-hybridized carbons (Fsp3) is 0.250. The number of nitrogen functional groups attached to an aromatic ring is 1. The van der Waals surface area contributed by atoms with E-state index in [9.17, 15) is 9.59 Å². The van der Waals surface area contributed by atoms with Crippen LogP contribution in [0.3, 0.4) is 0 Å². The van der Waals surface area contributed by atoms with Crippen LogP contribution in [0.5, 0.6) is 5.75 Å². The van der Waals surface area contributed by atoms with E-state index in [4.69, 9.17) is 15.6 Å². The van der Waals surface area contributed by atoms with E-state index in [0.29, 0.717) is 53.5 Å². The fourth-order valence-corrected chi connectivity index (χ4v) is 4.87. The molecule has 0 unspecified atom stereocenters. The number of piperidine rings is 1. The lowest BCUT2D eigenvalue weighted by Gasteiger charge is -2.32. The van der Waals surface area contributed by atoms with Gasteiger partial charge in [0.1, 0.15) is 23.6 Å². The number of benzene rings is 2. The molecule has 38 heavy (non-hydrogen) atoms. The quantitative estimate of drug-likeness (QED) is 0.364. The minimum Gasteiger partial charge on any atom is -0.496 e. The topological polar surface area (TPSA) is 128 Å². The summed E-state index contributed by atoms with van der Waals surface area (Å²) in [6.07, 6.45) is 4.48. The number of nitrogens with zero attached hydrogens (tertiary/aromatic N) is 5. The van der Waals surface area contributed by atoms with Gasteiger partial charge in [0.25, 0.3) is 5.91 Å². The van der Waals surface area contributed by atoms with Crippen molar-refractivity contribution in [3.63, 3.8) is 0 Å². The van der Waals surface area contributed by atoms with Crippen LogP contribution in [-0.2, 0) is 11.3 Å². The highest BCUT2D eigenvalue weighted by Crippen LogP contribution is 2.34. The van der Waals surface area contributed by atoms with E-state index in [1.165, 1.54) is 19.5 Å². The molecule has 2 aromatic carbocycles. The number of methoxy groups -OCH3 is 1. The number of hydrogen-bond donors (Lipinski definition) is 2. The van der Waals surface area contributed by atoms with Crippen LogP contribution in [-0.4, -0.2) is 56.7 Å². The number of carbonyl (C=O) groups is 2. The number of nitrogens with two attached hydrogens (primary N) is 1. The number of likely N-dealkylation sites (tertiary alicyclic amines) is 1. The smallest absolute Gasteiger partial charge is 0.255 e. The van der Waals surface area contributed by atoms with Gasteiger partial charge in [0.15, 0.2) is 5.65 Å². The zero-order valence-corrected chi connectivity index (χ0v) is 21.1. The first-order chi connectivity index (χ1) is 18.5. The maximum Gasteiger partial charge on any atom is 0.255 e. The molecule has 1 aliphatic heterocycles. The van der Waals surface area contributed by atoms with Crippen molar-refractivity contribution >= 4 is 28.7 Å². The minimum atomic E-state index is -0.226. The van der Waals surface area contributed by atoms with E-state index in [0.717, 1.165) is 24.0 Å². The van der Waals surface area contributed by atoms with Crippen molar-refractivity contribution in [2.45, 2.75) is 25.4 Å². The first-order valence-electron chi connectivity index (χ1n) is 12.4. The zero-order valence-electron chi connectivity index (χ0n) is 21.1. The van der Waals surface area contributed by atoms with Crippen LogP contribution < -0.4 is 15.8 Å². The lowest BCUT2D eigenvalue weighted by molar-refractivity contribution is -0.127. The Balaban J connectivity index is 1.44. The van der Waals surface area contributed by atoms with Crippen molar-refractivity contribution in [2.24, 2.45) is 0 Å². The van der Waals surface area contributed by atoms with Gasteiger partial charge in [0.05, 0.1) is 24.1 Å². The summed E-state index contributed by atoms with van der Waals surface area (Å²) >= 11 is 0. The fourth-order valence-electron chi connectivity index (χ4n) is 4.87. The van der Waals surface area contributed by atoms with Crippen molar-refractivity contribution in [3.05, 3.63) is 78.6 Å². The van der Waals surface area contributed by atoms with Crippen LogP contribution >= 0.6 is 0 Å². The maximum absolute atomic E-state index is 12.8. The molecule has 3 heterocycles. The molecule has 0 aliphatic carbocycles. The van der Waals surface area contributed by atoms with Crippen molar-refractivity contribution < 1.29 is 14.3 Å². The summed E-state index contributed by atoms with van der Waals surface area (Å²) in [5, 5.41) is 8.55. The van der Waals surface area contributed by atoms with Gasteiger partial charge < -0.3 is 20.7 Å². The molecule has 1 aliphatic rings. The molecule has 4 aromatic rings. The second kappa shape index (κ2) is 10.7. The summed E-state index contributed by atoms with van der Waals surface area (Å²) in [4.78, 5) is 35.5. The molecule has 2 aromatic heterocycles. The van der Waals surface area contributed by atoms with Crippen LogP contribution in [0.4, 0.5) is 5.82 Å². The Kier molecular flexibility index (Phi) is 7.03. The second-order valence-corrected chi connectivity index (χ2v) is 9.12. The van der Waals surface area contributed by atoms with E-state index >= 15 is 0 Å². The predicted molar refractivity (Wildman–Crippen MR) is 144 cm³/mol. The van der Waals surface area contributed by atoms with Crippen LogP contribution in [0.15, 0.2) is 67.5 Å². The first kappa shape index (κ1) is 24.9. The molecule has 0 spiro atoms. The number of carbonyl (C=O) groups excluding carboxylic acids is 2. The van der Waals surface area contributed by atoms with Crippen LogP contribution in [0.2, 0.25) is 0 Å². The van der Waals surface area contributed by atoms with Gasteiger partial charge in [0.2, 0.25) is 5.91 Å². The van der Waals surface area contributed by atoms with Crippen LogP contribution in [0.1, 0.15) is 34.8 Å². The SMILES string of the molecule is C=CC(=O)N1CCC[C@@H](n2nc(-c3cccc(CNC(=O)c4ccccc4OC)c3)c3c(N)ncnc32)C1. The summed E-state index contributed by atoms with van der Waals surface area (Å²) in [5.74, 6) is 0.530. The molecule has 3 N–H and O–H groups in total. The Morgan fingerprint density at radius 2 is 2.05 bits per heavy atom. The average Bonchev–Trinajstić information content (AvgIpc) is 3.37. The number of nitrogens with one attached hydrogen (secondary N) is 1. The number of rotatable bonds is 7. The van der Waals surface area contributed by atoms with E-state index in [1.807, 2.05) is 35.0 Å². The van der Waals surface area contributed by atoms with E-state index in [-0.39, 0.29) is 17.9 Å². The summed E-state index contributed by atoms with van der Waals surface area (Å²) in [7, 11) is 1.54. The third kappa shape index (κ3) is 4.80. The molecule has 1 saturated heterocycles. The van der Waals surface area contributed by atoms with Crippen molar-refractivity contribution in [3.8, 4) is 17.0 Å². The van der Waals surface area contributed by atoms with Crippen molar-refractivity contribution in [1.29, 1.82) is 0 Å². The number of fused-ring (bicyclic) bond motifs is 1. The second-order valence-electron chi connectivity index (χ2n) is 9.12. The maximum atomic E-state index is 12.8. The Morgan fingerprint density at radius 1 is 1.21 bits per heavy atom. The lowest BCUT2D eigenvalue weighted by atomic mass is 10.1. The van der Waals surface area contributed by atoms with Gasteiger partial charge in [-0.15, -0.1) is 0 Å². The van der Waals surface area contributed by atoms with Gasteiger partial charge in [-0.05, 0) is 42.7 Å². The average molecular weight is 512 g/mol. The summed E-state index contributed by atoms with van der Waals surface area (Å²) in [6.45, 7) is 5.13. The highest BCUT2D eigenvalue weighted by atomic mass is 16.5. The van der Waals surface area contributed by atoms with Gasteiger partial charge in [0, 0.05) is 25.2 Å². The third-order valence-corrected chi connectivity index (χ3v) is 6.75. The minimum absolute atomic E-state index is 0.0541. The van der Waals surface area contributed by atoms with Crippen LogP contribution in [0.25, 0.3) is 22.3 Å². The highest BCUT2D eigenvalue weighted by molar-refractivity contribution is 5.99. The van der Waals surface area contributed by atoms with E-state index in [2.05, 4.69) is 21.9 Å².